The molecule has 1 fully saturated rings. The molecular formula is C25H26FN3O3. The monoisotopic (exact) mass is 435 g/mol. The minimum absolute atomic E-state index is 0.0922. The predicted octanol–water partition coefficient (Wildman–Crippen LogP) is 3.82. The zero-order chi connectivity index (χ0) is 22.8. The summed E-state index contributed by atoms with van der Waals surface area (Å²) in [6.07, 6.45) is 3.16. The van der Waals surface area contributed by atoms with Crippen molar-refractivity contribution in [3.63, 3.8) is 0 Å². The van der Waals surface area contributed by atoms with Crippen molar-refractivity contribution in [2.75, 3.05) is 31.1 Å². The van der Waals surface area contributed by atoms with Crippen LogP contribution in [-0.2, 0) is 13.1 Å². The van der Waals surface area contributed by atoms with Crippen molar-refractivity contribution in [2.24, 2.45) is 0 Å². The second-order valence-electron chi connectivity index (χ2n) is 7.99. The van der Waals surface area contributed by atoms with Crippen LogP contribution in [0, 0.1) is 5.82 Å². The van der Waals surface area contributed by atoms with Crippen LogP contribution in [0.25, 0.3) is 17.0 Å². The van der Waals surface area contributed by atoms with Crippen LogP contribution < -0.4 is 10.3 Å². The van der Waals surface area contributed by atoms with E-state index in [1.54, 1.807) is 10.6 Å². The Balaban J connectivity index is 1.55. The van der Waals surface area contributed by atoms with Gasteiger partial charge >= 0.3 is 5.97 Å². The Morgan fingerprint density at radius 2 is 1.84 bits per heavy atom. The number of carbonyl (C=O) groups is 1. The van der Waals surface area contributed by atoms with Crippen LogP contribution in [0.3, 0.4) is 0 Å². The molecule has 1 aliphatic heterocycles. The molecule has 166 valence electrons. The molecule has 32 heavy (non-hydrogen) atoms. The number of aryl methyl sites for hydroxylation is 1. The van der Waals surface area contributed by atoms with Crippen molar-refractivity contribution in [1.29, 1.82) is 0 Å². The summed E-state index contributed by atoms with van der Waals surface area (Å²) in [5, 5.41) is 9.40. The molecule has 2 heterocycles. The summed E-state index contributed by atoms with van der Waals surface area (Å²) < 4.78 is 16.7. The molecule has 1 N–H and O–H groups in total. The van der Waals surface area contributed by atoms with Gasteiger partial charge in [0.25, 0.3) is 0 Å². The summed E-state index contributed by atoms with van der Waals surface area (Å²) >= 11 is 0. The van der Waals surface area contributed by atoms with Crippen molar-refractivity contribution in [3.05, 3.63) is 81.9 Å². The largest absolute Gasteiger partial charge is 0.477 e. The lowest BCUT2D eigenvalue weighted by Crippen LogP contribution is -2.46. The van der Waals surface area contributed by atoms with Crippen LogP contribution in [0.2, 0.25) is 0 Å². The maximum absolute atomic E-state index is 15.0. The summed E-state index contributed by atoms with van der Waals surface area (Å²) in [6.45, 7) is 9.85. The highest BCUT2D eigenvalue weighted by Crippen LogP contribution is 2.26. The van der Waals surface area contributed by atoms with Gasteiger partial charge in [0.1, 0.15) is 11.4 Å². The lowest BCUT2D eigenvalue weighted by atomic mass is 10.1. The predicted molar refractivity (Wildman–Crippen MR) is 125 cm³/mol. The van der Waals surface area contributed by atoms with Gasteiger partial charge in [0.15, 0.2) is 0 Å². The first kappa shape index (κ1) is 21.8. The third-order valence-electron chi connectivity index (χ3n) is 6.05. The quantitative estimate of drug-likeness (QED) is 0.638. The molecule has 0 spiro atoms. The highest BCUT2D eigenvalue weighted by atomic mass is 19.1. The number of benzene rings is 2. The molecule has 1 aromatic heterocycles. The fourth-order valence-electron chi connectivity index (χ4n) is 4.22. The van der Waals surface area contributed by atoms with E-state index in [9.17, 15) is 14.7 Å². The van der Waals surface area contributed by atoms with E-state index in [-0.39, 0.29) is 10.9 Å². The first-order chi connectivity index (χ1) is 15.4. The van der Waals surface area contributed by atoms with Gasteiger partial charge in [-0.15, -0.1) is 0 Å². The standard InChI is InChI=1S/C25H26FN3O3/c1-3-17-5-7-18(8-6-17)15-27-9-11-29(12-10-27)23-14-22-19(13-21(23)26)24(30)20(25(31)32)16-28(22)4-2/h3,5-8,13-14,16H,1,4,9-12,15H2,2H3,(H,31,32). The Bertz CT molecular complexity index is 1230. The number of carboxylic acids is 1. The summed E-state index contributed by atoms with van der Waals surface area (Å²) in [7, 11) is 0. The van der Waals surface area contributed by atoms with E-state index < -0.39 is 17.2 Å². The number of anilines is 1. The van der Waals surface area contributed by atoms with E-state index in [2.05, 4.69) is 23.6 Å². The molecule has 1 aliphatic rings. The van der Waals surface area contributed by atoms with Gasteiger partial charge in [-0.3, -0.25) is 9.69 Å². The highest BCUT2D eigenvalue weighted by molar-refractivity contribution is 5.93. The molecule has 0 aliphatic carbocycles. The Morgan fingerprint density at radius 1 is 1.16 bits per heavy atom. The van der Waals surface area contributed by atoms with E-state index in [0.29, 0.717) is 30.8 Å². The van der Waals surface area contributed by atoms with E-state index in [1.807, 2.05) is 30.0 Å². The number of rotatable bonds is 6. The molecule has 0 unspecified atom stereocenters. The maximum atomic E-state index is 15.0. The van der Waals surface area contributed by atoms with Gasteiger partial charge in [-0.1, -0.05) is 36.9 Å². The molecule has 0 atom stereocenters. The molecule has 0 radical (unpaired) electrons. The van der Waals surface area contributed by atoms with E-state index in [4.69, 9.17) is 0 Å². The van der Waals surface area contributed by atoms with Crippen molar-refractivity contribution in [2.45, 2.75) is 20.0 Å². The minimum atomic E-state index is -1.31. The Kier molecular flexibility index (Phi) is 6.10. The molecule has 7 heteroatoms. The highest BCUT2D eigenvalue weighted by Gasteiger charge is 2.22. The fourth-order valence-corrected chi connectivity index (χ4v) is 4.22. The Morgan fingerprint density at radius 3 is 2.44 bits per heavy atom. The number of aromatic carboxylic acids is 1. The summed E-state index contributed by atoms with van der Waals surface area (Å²) in [4.78, 5) is 28.3. The topological polar surface area (TPSA) is 65.8 Å². The zero-order valence-electron chi connectivity index (χ0n) is 18.1. The van der Waals surface area contributed by atoms with Gasteiger partial charge in [-0.25, -0.2) is 9.18 Å². The van der Waals surface area contributed by atoms with E-state index in [0.717, 1.165) is 25.2 Å². The fraction of sp³-hybridized carbons (Fsp3) is 0.280. The van der Waals surface area contributed by atoms with E-state index >= 15 is 4.39 Å². The zero-order valence-corrected chi connectivity index (χ0v) is 18.1. The molecule has 1 saturated heterocycles. The van der Waals surface area contributed by atoms with Gasteiger partial charge in [-0.05, 0) is 30.2 Å². The average molecular weight is 435 g/mol. The maximum Gasteiger partial charge on any atom is 0.341 e. The molecule has 2 aromatic carbocycles. The number of hydrogen-bond donors (Lipinski definition) is 1. The summed E-state index contributed by atoms with van der Waals surface area (Å²) in [6, 6.07) is 11.1. The van der Waals surface area contributed by atoms with Crippen LogP contribution in [0.5, 0.6) is 0 Å². The average Bonchev–Trinajstić information content (AvgIpc) is 2.80. The number of halogens is 1. The number of carboxylic acid groups (broad SMARTS) is 1. The third-order valence-corrected chi connectivity index (χ3v) is 6.05. The lowest BCUT2D eigenvalue weighted by Gasteiger charge is -2.36. The Labute approximate surface area is 185 Å². The molecule has 4 rings (SSSR count). The van der Waals surface area contributed by atoms with Gasteiger partial charge in [-0.2, -0.15) is 0 Å². The summed E-state index contributed by atoms with van der Waals surface area (Å²) in [5.41, 5.74) is 2.30. The molecule has 3 aromatic rings. The number of nitrogens with zero attached hydrogens (tertiary/aromatic N) is 3. The van der Waals surface area contributed by atoms with Crippen LogP contribution in [-0.4, -0.2) is 46.7 Å². The van der Waals surface area contributed by atoms with Crippen LogP contribution in [0.4, 0.5) is 10.1 Å². The number of piperazine rings is 1. The lowest BCUT2D eigenvalue weighted by molar-refractivity contribution is 0.0695. The second-order valence-corrected chi connectivity index (χ2v) is 7.99. The molecule has 0 amide bonds. The Hall–Kier alpha value is -3.45. The van der Waals surface area contributed by atoms with Crippen molar-refractivity contribution >= 4 is 28.6 Å². The van der Waals surface area contributed by atoms with Gasteiger partial charge < -0.3 is 14.6 Å². The number of fused-ring (bicyclic) bond motifs is 1. The number of hydrogen-bond acceptors (Lipinski definition) is 4. The third kappa shape index (κ3) is 4.16. The van der Waals surface area contributed by atoms with Crippen LogP contribution >= 0.6 is 0 Å². The first-order valence-electron chi connectivity index (χ1n) is 10.7. The van der Waals surface area contributed by atoms with E-state index in [1.165, 1.54) is 17.8 Å². The molecule has 0 bridgehead atoms. The minimum Gasteiger partial charge on any atom is -0.477 e. The van der Waals surface area contributed by atoms with Crippen LogP contribution in [0.15, 0.2) is 54.0 Å². The van der Waals surface area contributed by atoms with Crippen LogP contribution in [0.1, 0.15) is 28.4 Å². The summed E-state index contributed by atoms with van der Waals surface area (Å²) in [5.74, 6) is -1.81. The van der Waals surface area contributed by atoms with Gasteiger partial charge in [0, 0.05) is 50.9 Å². The second kappa shape index (κ2) is 8.96. The SMILES string of the molecule is C=Cc1ccc(CN2CCN(c3cc4c(cc3F)c(=O)c(C(=O)O)cn4CC)CC2)cc1. The first-order valence-corrected chi connectivity index (χ1v) is 10.7. The smallest absolute Gasteiger partial charge is 0.341 e. The van der Waals surface area contributed by atoms with Gasteiger partial charge in [0.05, 0.1) is 11.2 Å². The van der Waals surface area contributed by atoms with Gasteiger partial charge in [0.2, 0.25) is 5.43 Å². The van der Waals surface area contributed by atoms with Crippen molar-refractivity contribution in [3.8, 4) is 0 Å². The number of aromatic nitrogens is 1. The normalized spacial score (nSPS) is 14.6. The molecule has 6 nitrogen and oxygen atoms in total. The molecular weight excluding hydrogens is 409 g/mol. The number of pyridine rings is 1. The molecule has 0 saturated carbocycles. The van der Waals surface area contributed by atoms with Crippen molar-refractivity contribution < 1.29 is 14.3 Å². The van der Waals surface area contributed by atoms with Crippen molar-refractivity contribution in [1.82, 2.24) is 9.47 Å².